The molecule has 2 aromatic rings. The number of phenolic OH excluding ortho intramolecular Hbond substituents is 1. The summed E-state index contributed by atoms with van der Waals surface area (Å²) in [6.45, 7) is 3.23. The Bertz CT molecular complexity index is 743. The maximum absolute atomic E-state index is 11.9. The number of amides is 1. The fourth-order valence-electron chi connectivity index (χ4n) is 2.14. The number of nitrogens with one attached hydrogen (secondary N) is 1. The molecular formula is C18H18BrNO4. The second kappa shape index (κ2) is 7.97. The van der Waals surface area contributed by atoms with Crippen LogP contribution in [0.25, 0.3) is 0 Å². The molecule has 0 aromatic heterocycles. The lowest BCUT2D eigenvalue weighted by molar-refractivity contribution is -0.124. The fraction of sp³-hybridized carbons (Fsp3) is 0.222. The van der Waals surface area contributed by atoms with Crippen molar-refractivity contribution in [3.63, 3.8) is 0 Å². The maximum Gasteiger partial charge on any atom is 0.342 e. The van der Waals surface area contributed by atoms with Gasteiger partial charge in [-0.2, -0.15) is 0 Å². The van der Waals surface area contributed by atoms with E-state index in [1.165, 1.54) is 12.1 Å². The first-order chi connectivity index (χ1) is 11.4. The Labute approximate surface area is 148 Å². The second-order valence-corrected chi connectivity index (χ2v) is 6.35. The van der Waals surface area contributed by atoms with E-state index in [4.69, 9.17) is 4.74 Å². The third kappa shape index (κ3) is 4.83. The average Bonchev–Trinajstić information content (AvgIpc) is 2.55. The number of carbonyl (C=O) groups excluding carboxylic acids is 2. The Balaban J connectivity index is 1.89. The molecule has 6 heteroatoms. The topological polar surface area (TPSA) is 75.6 Å². The number of ether oxygens (including phenoxy) is 1. The predicted octanol–water partition coefficient (Wildman–Crippen LogP) is 3.50. The van der Waals surface area contributed by atoms with Gasteiger partial charge in [0.2, 0.25) is 0 Å². The highest BCUT2D eigenvalue weighted by atomic mass is 79.9. The van der Waals surface area contributed by atoms with Crippen LogP contribution in [0.1, 0.15) is 34.5 Å². The number of benzene rings is 2. The molecular weight excluding hydrogens is 374 g/mol. The molecule has 0 fully saturated rings. The quantitative estimate of drug-likeness (QED) is 0.764. The summed E-state index contributed by atoms with van der Waals surface area (Å²) in [5.41, 5.74) is 1.80. The summed E-state index contributed by atoms with van der Waals surface area (Å²) in [6.07, 6.45) is 0. The smallest absolute Gasteiger partial charge is 0.342 e. The molecule has 5 nitrogen and oxygen atoms in total. The van der Waals surface area contributed by atoms with Crippen LogP contribution in [0.4, 0.5) is 0 Å². The molecule has 2 rings (SSSR count). The van der Waals surface area contributed by atoms with Gasteiger partial charge in [-0.15, -0.1) is 0 Å². The van der Waals surface area contributed by atoms with Crippen LogP contribution in [0, 0.1) is 6.92 Å². The normalized spacial score (nSPS) is 11.6. The first-order valence-corrected chi connectivity index (χ1v) is 8.17. The van der Waals surface area contributed by atoms with Gasteiger partial charge in [0, 0.05) is 4.47 Å². The van der Waals surface area contributed by atoms with E-state index in [1.807, 2.05) is 31.2 Å². The Hall–Kier alpha value is -2.34. The lowest BCUT2D eigenvalue weighted by atomic mass is 10.1. The van der Waals surface area contributed by atoms with Crippen LogP contribution in [0.2, 0.25) is 0 Å². The summed E-state index contributed by atoms with van der Waals surface area (Å²) in [7, 11) is 0. The van der Waals surface area contributed by atoms with Crippen molar-refractivity contribution in [3.05, 3.63) is 63.6 Å². The summed E-state index contributed by atoms with van der Waals surface area (Å²) >= 11 is 3.35. The SMILES string of the molecule is Cc1ccc(O)c(C(=O)OCC(=O)N[C@@H](C)c2ccc(Br)cc2)c1. The van der Waals surface area contributed by atoms with E-state index >= 15 is 0 Å². The van der Waals surface area contributed by atoms with Gasteiger partial charge in [0.25, 0.3) is 5.91 Å². The van der Waals surface area contributed by atoms with Gasteiger partial charge in [-0.05, 0) is 43.7 Å². The van der Waals surface area contributed by atoms with Crippen LogP contribution in [0.3, 0.4) is 0 Å². The van der Waals surface area contributed by atoms with Crippen LogP contribution in [-0.4, -0.2) is 23.6 Å². The van der Waals surface area contributed by atoms with Crippen molar-refractivity contribution in [2.45, 2.75) is 19.9 Å². The van der Waals surface area contributed by atoms with Crippen molar-refractivity contribution in [1.29, 1.82) is 0 Å². The summed E-state index contributed by atoms with van der Waals surface area (Å²) in [6, 6.07) is 12.0. The zero-order valence-corrected chi connectivity index (χ0v) is 15.0. The Kier molecular flexibility index (Phi) is 5.98. The molecule has 0 aliphatic rings. The summed E-state index contributed by atoms with van der Waals surface area (Å²) < 4.78 is 5.92. The first kappa shape index (κ1) is 18.0. The molecule has 0 aliphatic heterocycles. The van der Waals surface area contributed by atoms with E-state index in [-0.39, 0.29) is 17.4 Å². The summed E-state index contributed by atoms with van der Waals surface area (Å²) in [5.74, 6) is -1.32. The highest BCUT2D eigenvalue weighted by molar-refractivity contribution is 9.10. The molecule has 2 aromatic carbocycles. The monoisotopic (exact) mass is 391 g/mol. The number of hydrogen-bond acceptors (Lipinski definition) is 4. The Morgan fingerprint density at radius 3 is 2.54 bits per heavy atom. The molecule has 0 radical (unpaired) electrons. The van der Waals surface area contributed by atoms with Crippen LogP contribution in [0.15, 0.2) is 46.9 Å². The third-order valence-corrected chi connectivity index (χ3v) is 3.98. The maximum atomic E-state index is 11.9. The van der Waals surface area contributed by atoms with Crippen molar-refractivity contribution in [2.24, 2.45) is 0 Å². The number of phenols is 1. The van der Waals surface area contributed by atoms with Crippen molar-refractivity contribution < 1.29 is 19.4 Å². The number of hydrogen-bond donors (Lipinski definition) is 2. The molecule has 0 saturated heterocycles. The number of aryl methyl sites for hydroxylation is 1. The number of carbonyl (C=O) groups is 2. The number of halogens is 1. The van der Waals surface area contributed by atoms with Crippen molar-refractivity contribution in [1.82, 2.24) is 5.32 Å². The van der Waals surface area contributed by atoms with E-state index in [9.17, 15) is 14.7 Å². The van der Waals surface area contributed by atoms with Crippen LogP contribution in [-0.2, 0) is 9.53 Å². The molecule has 24 heavy (non-hydrogen) atoms. The van der Waals surface area contributed by atoms with Gasteiger partial charge in [0.1, 0.15) is 11.3 Å². The van der Waals surface area contributed by atoms with E-state index in [0.29, 0.717) is 0 Å². The lowest BCUT2D eigenvalue weighted by Gasteiger charge is -2.14. The molecule has 0 aliphatic carbocycles. The summed E-state index contributed by atoms with van der Waals surface area (Å²) in [5, 5.41) is 12.4. The van der Waals surface area contributed by atoms with Gasteiger partial charge in [-0.3, -0.25) is 4.79 Å². The van der Waals surface area contributed by atoms with E-state index in [1.54, 1.807) is 13.0 Å². The fourth-order valence-corrected chi connectivity index (χ4v) is 2.40. The van der Waals surface area contributed by atoms with Crippen LogP contribution in [0.5, 0.6) is 5.75 Å². The van der Waals surface area contributed by atoms with E-state index in [0.717, 1.165) is 15.6 Å². The Morgan fingerprint density at radius 2 is 1.88 bits per heavy atom. The standard InChI is InChI=1S/C18H18BrNO4/c1-11-3-8-16(21)15(9-11)18(23)24-10-17(22)20-12(2)13-4-6-14(19)7-5-13/h3-9,12,21H,10H2,1-2H3,(H,20,22)/t12-/m0/s1. The number of esters is 1. The molecule has 1 atom stereocenters. The molecule has 0 unspecified atom stereocenters. The molecule has 2 N–H and O–H groups in total. The minimum Gasteiger partial charge on any atom is -0.507 e. The molecule has 1 amide bonds. The predicted molar refractivity (Wildman–Crippen MR) is 93.8 cm³/mol. The molecule has 126 valence electrons. The van der Waals surface area contributed by atoms with Crippen molar-refractivity contribution in [3.8, 4) is 5.75 Å². The average molecular weight is 392 g/mol. The van der Waals surface area contributed by atoms with Gasteiger partial charge in [0.15, 0.2) is 6.61 Å². The van der Waals surface area contributed by atoms with Crippen LogP contribution < -0.4 is 5.32 Å². The largest absolute Gasteiger partial charge is 0.507 e. The van der Waals surface area contributed by atoms with Gasteiger partial charge >= 0.3 is 5.97 Å². The van der Waals surface area contributed by atoms with Crippen molar-refractivity contribution >= 4 is 27.8 Å². The number of rotatable bonds is 5. The second-order valence-electron chi connectivity index (χ2n) is 5.44. The minimum absolute atomic E-state index is 0.0451. The highest BCUT2D eigenvalue weighted by Crippen LogP contribution is 2.19. The highest BCUT2D eigenvalue weighted by Gasteiger charge is 2.16. The van der Waals surface area contributed by atoms with Crippen LogP contribution >= 0.6 is 15.9 Å². The van der Waals surface area contributed by atoms with E-state index in [2.05, 4.69) is 21.2 Å². The summed E-state index contributed by atoms with van der Waals surface area (Å²) in [4.78, 5) is 23.9. The molecule has 0 saturated carbocycles. The zero-order valence-electron chi connectivity index (χ0n) is 13.4. The lowest BCUT2D eigenvalue weighted by Crippen LogP contribution is -2.31. The number of aromatic hydroxyl groups is 1. The van der Waals surface area contributed by atoms with E-state index < -0.39 is 18.5 Å². The Morgan fingerprint density at radius 1 is 1.21 bits per heavy atom. The molecule has 0 bridgehead atoms. The van der Waals surface area contributed by atoms with Gasteiger partial charge in [-0.1, -0.05) is 39.7 Å². The molecule has 0 heterocycles. The first-order valence-electron chi connectivity index (χ1n) is 7.38. The molecule has 0 spiro atoms. The van der Waals surface area contributed by atoms with Gasteiger partial charge in [0.05, 0.1) is 6.04 Å². The third-order valence-electron chi connectivity index (χ3n) is 3.45. The zero-order chi connectivity index (χ0) is 17.7. The van der Waals surface area contributed by atoms with Gasteiger partial charge in [-0.25, -0.2) is 4.79 Å². The van der Waals surface area contributed by atoms with Gasteiger partial charge < -0.3 is 15.2 Å². The van der Waals surface area contributed by atoms with Crippen molar-refractivity contribution in [2.75, 3.05) is 6.61 Å². The minimum atomic E-state index is -0.734.